The van der Waals surface area contributed by atoms with Crippen molar-refractivity contribution in [1.29, 1.82) is 0 Å². The van der Waals surface area contributed by atoms with Crippen LogP contribution in [0.3, 0.4) is 0 Å². The number of hydrogen-bond donors (Lipinski definition) is 1. The van der Waals surface area contributed by atoms with Crippen LogP contribution in [0, 0.1) is 0 Å². The fourth-order valence-corrected chi connectivity index (χ4v) is 4.55. The second-order valence-electron chi connectivity index (χ2n) is 7.41. The van der Waals surface area contributed by atoms with Gasteiger partial charge >= 0.3 is 0 Å². The molecule has 27 heavy (non-hydrogen) atoms. The van der Waals surface area contributed by atoms with Crippen molar-refractivity contribution < 1.29 is 4.74 Å². The highest BCUT2D eigenvalue weighted by atomic mass is 32.1. The molecule has 4 rings (SSSR count). The van der Waals surface area contributed by atoms with Gasteiger partial charge in [-0.25, -0.2) is 9.97 Å². The van der Waals surface area contributed by atoms with Crippen LogP contribution in [-0.2, 0) is 11.3 Å². The van der Waals surface area contributed by atoms with Crippen molar-refractivity contribution in [2.75, 3.05) is 26.0 Å². The molecule has 2 unspecified atom stereocenters. The van der Waals surface area contributed by atoms with E-state index in [9.17, 15) is 0 Å². The lowest BCUT2D eigenvalue weighted by Gasteiger charge is -2.22. The number of nitrogens with one attached hydrogen (secondary N) is 1. The summed E-state index contributed by atoms with van der Waals surface area (Å²) in [7, 11) is 4.08. The number of hydrogen-bond acceptors (Lipinski definition) is 6. The first kappa shape index (κ1) is 18.3. The standard InChI is InChI=1S/C21H26N4OS/c1-14(17-10-7-11-26-17)22-20-19-16(15-8-5-4-6-9-15)13-27-21(19)24-18(23-20)12-25(2)3/h4-6,8-9,13-14,17H,7,10-12H2,1-3H3,(H,22,23,24). The summed E-state index contributed by atoms with van der Waals surface area (Å²) in [5.41, 5.74) is 2.38. The first-order chi connectivity index (χ1) is 13.1. The van der Waals surface area contributed by atoms with Crippen LogP contribution in [0.15, 0.2) is 35.7 Å². The molecule has 0 bridgehead atoms. The fourth-order valence-electron chi connectivity index (χ4n) is 3.58. The third-order valence-corrected chi connectivity index (χ3v) is 5.78. The predicted molar refractivity (Wildman–Crippen MR) is 112 cm³/mol. The smallest absolute Gasteiger partial charge is 0.146 e. The summed E-state index contributed by atoms with van der Waals surface area (Å²) in [5, 5.41) is 6.95. The number of nitrogens with zero attached hydrogens (tertiary/aromatic N) is 3. The van der Waals surface area contributed by atoms with Crippen LogP contribution in [0.4, 0.5) is 5.82 Å². The highest BCUT2D eigenvalue weighted by Gasteiger charge is 2.24. The molecule has 2 aromatic heterocycles. The molecule has 1 aliphatic rings. The largest absolute Gasteiger partial charge is 0.376 e. The van der Waals surface area contributed by atoms with E-state index in [-0.39, 0.29) is 12.1 Å². The lowest BCUT2D eigenvalue weighted by Crippen LogP contribution is -2.30. The first-order valence-corrected chi connectivity index (χ1v) is 10.4. The minimum atomic E-state index is 0.210. The van der Waals surface area contributed by atoms with Gasteiger partial charge in [0.2, 0.25) is 0 Å². The molecule has 6 heteroatoms. The van der Waals surface area contributed by atoms with Gasteiger partial charge in [0.25, 0.3) is 0 Å². The minimum Gasteiger partial charge on any atom is -0.376 e. The zero-order valence-electron chi connectivity index (χ0n) is 16.1. The summed E-state index contributed by atoms with van der Waals surface area (Å²) in [6, 6.07) is 10.7. The summed E-state index contributed by atoms with van der Waals surface area (Å²) in [6.07, 6.45) is 2.48. The average molecular weight is 383 g/mol. The maximum atomic E-state index is 5.88. The van der Waals surface area contributed by atoms with Gasteiger partial charge in [0, 0.05) is 17.6 Å². The van der Waals surface area contributed by atoms with Crippen LogP contribution >= 0.6 is 11.3 Å². The van der Waals surface area contributed by atoms with Gasteiger partial charge in [0.05, 0.1) is 24.1 Å². The quantitative estimate of drug-likeness (QED) is 0.685. The van der Waals surface area contributed by atoms with Crippen LogP contribution in [0.25, 0.3) is 21.3 Å². The van der Waals surface area contributed by atoms with E-state index in [4.69, 9.17) is 14.7 Å². The second kappa shape index (κ2) is 7.92. The summed E-state index contributed by atoms with van der Waals surface area (Å²) >= 11 is 1.68. The monoisotopic (exact) mass is 382 g/mol. The Hall–Kier alpha value is -2.02. The Kier molecular flexibility index (Phi) is 5.38. The molecule has 0 radical (unpaired) electrons. The van der Waals surface area contributed by atoms with Crippen LogP contribution in [-0.4, -0.2) is 47.7 Å². The molecule has 1 fully saturated rings. The van der Waals surface area contributed by atoms with Gasteiger partial charge in [0.15, 0.2) is 0 Å². The predicted octanol–water partition coefficient (Wildman–Crippen LogP) is 4.40. The molecule has 5 nitrogen and oxygen atoms in total. The minimum absolute atomic E-state index is 0.210. The van der Waals surface area contributed by atoms with E-state index in [0.29, 0.717) is 0 Å². The van der Waals surface area contributed by atoms with E-state index in [1.165, 1.54) is 11.1 Å². The molecule has 3 heterocycles. The summed E-state index contributed by atoms with van der Waals surface area (Å²) < 4.78 is 5.88. The maximum absolute atomic E-state index is 5.88. The van der Waals surface area contributed by atoms with Crippen molar-refractivity contribution in [1.82, 2.24) is 14.9 Å². The van der Waals surface area contributed by atoms with Gasteiger partial charge in [0.1, 0.15) is 16.5 Å². The van der Waals surface area contributed by atoms with E-state index in [0.717, 1.165) is 47.9 Å². The number of ether oxygens (including phenoxy) is 1. The Balaban J connectivity index is 1.78. The third kappa shape index (κ3) is 3.98. The molecule has 142 valence electrons. The number of anilines is 1. The van der Waals surface area contributed by atoms with Crippen molar-refractivity contribution >= 4 is 27.4 Å². The number of rotatable bonds is 6. The average Bonchev–Trinajstić information content (AvgIpc) is 3.32. The first-order valence-electron chi connectivity index (χ1n) is 9.48. The van der Waals surface area contributed by atoms with Gasteiger partial charge in [-0.3, -0.25) is 0 Å². The zero-order chi connectivity index (χ0) is 18.8. The van der Waals surface area contributed by atoms with Gasteiger partial charge < -0.3 is 15.0 Å². The number of fused-ring (bicyclic) bond motifs is 1. The number of thiophene rings is 1. The highest BCUT2D eigenvalue weighted by molar-refractivity contribution is 7.17. The second-order valence-corrected chi connectivity index (χ2v) is 8.26. The van der Waals surface area contributed by atoms with Gasteiger partial charge in [-0.2, -0.15) is 0 Å². The third-order valence-electron chi connectivity index (χ3n) is 4.91. The lowest BCUT2D eigenvalue weighted by atomic mass is 10.1. The van der Waals surface area contributed by atoms with Gasteiger partial charge in [-0.05, 0) is 39.4 Å². The van der Waals surface area contributed by atoms with Crippen molar-refractivity contribution in [2.45, 2.75) is 38.5 Å². The number of aromatic nitrogens is 2. The molecule has 0 amide bonds. The summed E-state index contributed by atoms with van der Waals surface area (Å²) in [5.74, 6) is 1.76. The molecule has 0 spiro atoms. The van der Waals surface area contributed by atoms with Crippen molar-refractivity contribution in [2.24, 2.45) is 0 Å². The van der Waals surface area contributed by atoms with Crippen LogP contribution in [0.5, 0.6) is 0 Å². The van der Waals surface area contributed by atoms with Crippen molar-refractivity contribution in [3.63, 3.8) is 0 Å². The van der Waals surface area contributed by atoms with Crippen LogP contribution in [0.1, 0.15) is 25.6 Å². The van der Waals surface area contributed by atoms with Gasteiger partial charge in [-0.15, -0.1) is 11.3 Å². The van der Waals surface area contributed by atoms with Gasteiger partial charge in [-0.1, -0.05) is 30.3 Å². The summed E-state index contributed by atoms with van der Waals surface area (Å²) in [6.45, 7) is 3.76. The van der Waals surface area contributed by atoms with Crippen molar-refractivity contribution in [3.05, 3.63) is 41.5 Å². The molecule has 1 aromatic carbocycles. The van der Waals surface area contributed by atoms with E-state index >= 15 is 0 Å². The maximum Gasteiger partial charge on any atom is 0.146 e. The number of benzene rings is 1. The molecular formula is C21H26N4OS. The Bertz CT molecular complexity index is 903. The molecule has 2 atom stereocenters. The molecule has 3 aromatic rings. The van der Waals surface area contributed by atoms with Crippen LogP contribution < -0.4 is 5.32 Å². The zero-order valence-corrected chi connectivity index (χ0v) is 16.9. The van der Waals surface area contributed by atoms with E-state index in [1.54, 1.807) is 11.3 Å². The molecule has 0 saturated carbocycles. The van der Waals surface area contributed by atoms with E-state index in [2.05, 4.69) is 46.8 Å². The molecule has 0 aliphatic carbocycles. The Labute approximate surface area is 164 Å². The van der Waals surface area contributed by atoms with E-state index < -0.39 is 0 Å². The SMILES string of the molecule is CC(Nc1nc(CN(C)C)nc2scc(-c3ccccc3)c12)C1CCCO1. The Morgan fingerprint density at radius 2 is 2.07 bits per heavy atom. The van der Waals surface area contributed by atoms with Crippen molar-refractivity contribution in [3.8, 4) is 11.1 Å². The Morgan fingerprint density at radius 3 is 2.78 bits per heavy atom. The molecule has 1 aliphatic heterocycles. The molecule has 1 N–H and O–H groups in total. The molecule has 1 saturated heterocycles. The normalized spacial score (nSPS) is 18.3. The molecular weight excluding hydrogens is 356 g/mol. The van der Waals surface area contributed by atoms with Crippen LogP contribution in [0.2, 0.25) is 0 Å². The lowest BCUT2D eigenvalue weighted by molar-refractivity contribution is 0.0996. The summed E-state index contributed by atoms with van der Waals surface area (Å²) in [4.78, 5) is 12.8. The van der Waals surface area contributed by atoms with E-state index in [1.807, 2.05) is 20.2 Å². The fraction of sp³-hybridized carbons (Fsp3) is 0.429. The Morgan fingerprint density at radius 1 is 1.26 bits per heavy atom. The highest BCUT2D eigenvalue weighted by Crippen LogP contribution is 2.37. The topological polar surface area (TPSA) is 50.3 Å².